The van der Waals surface area contributed by atoms with Crippen LogP contribution in [0.2, 0.25) is 0 Å². The Morgan fingerprint density at radius 2 is 2.12 bits per heavy atom. The molecule has 0 saturated heterocycles. The van der Waals surface area contributed by atoms with Crippen molar-refractivity contribution in [2.75, 3.05) is 13.6 Å². The van der Waals surface area contributed by atoms with Crippen LogP contribution in [0.25, 0.3) is 0 Å². The molecule has 1 unspecified atom stereocenters. The van der Waals surface area contributed by atoms with Crippen LogP contribution < -0.4 is 5.32 Å². The lowest BCUT2D eigenvalue weighted by molar-refractivity contribution is -0.131. The van der Waals surface area contributed by atoms with Gasteiger partial charge in [-0.3, -0.25) is 4.79 Å². The Labute approximate surface area is 111 Å². The molecule has 1 rings (SSSR count). The van der Waals surface area contributed by atoms with E-state index in [-0.39, 0.29) is 11.9 Å². The lowest BCUT2D eigenvalue weighted by atomic mass is 10.2. The van der Waals surface area contributed by atoms with Crippen LogP contribution in [-0.4, -0.2) is 30.4 Å². The van der Waals surface area contributed by atoms with Crippen LogP contribution >= 0.6 is 15.9 Å². The molecule has 4 heteroatoms. The zero-order chi connectivity index (χ0) is 12.8. The topological polar surface area (TPSA) is 32.3 Å². The van der Waals surface area contributed by atoms with Crippen LogP contribution in [0.3, 0.4) is 0 Å². The van der Waals surface area contributed by atoms with Crippen LogP contribution in [0, 0.1) is 0 Å². The molecule has 1 N–H and O–H groups in total. The van der Waals surface area contributed by atoms with Gasteiger partial charge < -0.3 is 10.2 Å². The van der Waals surface area contributed by atoms with Crippen LogP contribution in [-0.2, 0) is 11.3 Å². The van der Waals surface area contributed by atoms with Crippen molar-refractivity contribution >= 4 is 21.8 Å². The van der Waals surface area contributed by atoms with Crippen molar-refractivity contribution in [2.24, 2.45) is 0 Å². The lowest BCUT2D eigenvalue weighted by Gasteiger charge is -2.20. The van der Waals surface area contributed by atoms with Gasteiger partial charge in [0.15, 0.2) is 0 Å². The maximum Gasteiger partial charge on any atom is 0.239 e. The Balaban J connectivity index is 2.51. The molecule has 94 valence electrons. The number of nitrogens with one attached hydrogen (secondary N) is 1. The molecule has 17 heavy (non-hydrogen) atoms. The number of amides is 1. The number of nitrogens with zero attached hydrogens (tertiary/aromatic N) is 1. The summed E-state index contributed by atoms with van der Waals surface area (Å²) in [5, 5.41) is 3.23. The molecule has 0 saturated carbocycles. The van der Waals surface area contributed by atoms with Gasteiger partial charge in [0.1, 0.15) is 0 Å². The number of benzene rings is 1. The summed E-state index contributed by atoms with van der Waals surface area (Å²) >= 11 is 3.49. The molecule has 0 aliphatic heterocycles. The van der Waals surface area contributed by atoms with Crippen LogP contribution in [0.1, 0.15) is 19.4 Å². The van der Waals surface area contributed by atoms with Crippen LogP contribution in [0.4, 0.5) is 0 Å². The molecular weight excluding hydrogens is 280 g/mol. The summed E-state index contributed by atoms with van der Waals surface area (Å²) in [6, 6.07) is 7.85. The quantitative estimate of drug-likeness (QED) is 0.905. The molecule has 1 atom stereocenters. The van der Waals surface area contributed by atoms with Crippen molar-refractivity contribution in [1.82, 2.24) is 10.2 Å². The van der Waals surface area contributed by atoms with Crippen molar-refractivity contribution in [1.29, 1.82) is 0 Å². The lowest BCUT2D eigenvalue weighted by Crippen LogP contribution is -2.42. The minimum absolute atomic E-state index is 0.125. The van der Waals surface area contributed by atoms with E-state index in [0.717, 1.165) is 16.6 Å². The molecule has 0 heterocycles. The number of carbonyl (C=O) groups excluding carboxylic acids is 1. The van der Waals surface area contributed by atoms with E-state index in [1.807, 2.05) is 45.2 Å². The highest BCUT2D eigenvalue weighted by Crippen LogP contribution is 2.15. The maximum atomic E-state index is 11.8. The molecule has 0 radical (unpaired) electrons. The molecule has 0 aliphatic carbocycles. The normalized spacial score (nSPS) is 12.2. The smallest absolute Gasteiger partial charge is 0.239 e. The average Bonchev–Trinajstić information content (AvgIpc) is 2.35. The largest absolute Gasteiger partial charge is 0.345 e. The molecule has 0 aromatic heterocycles. The van der Waals surface area contributed by atoms with Gasteiger partial charge in [0.25, 0.3) is 0 Å². The Morgan fingerprint density at radius 3 is 2.71 bits per heavy atom. The number of rotatable bonds is 5. The Kier molecular flexibility index (Phi) is 5.65. The van der Waals surface area contributed by atoms with Crippen molar-refractivity contribution in [3.8, 4) is 0 Å². The summed E-state index contributed by atoms with van der Waals surface area (Å²) in [7, 11) is 1.82. The highest BCUT2D eigenvalue weighted by atomic mass is 79.9. The molecule has 3 nitrogen and oxygen atoms in total. The molecule has 1 aromatic carbocycles. The SMILES string of the molecule is CCN(C)C(=O)C(C)NCc1ccccc1Br. The van der Waals surface area contributed by atoms with E-state index in [1.54, 1.807) is 4.90 Å². The summed E-state index contributed by atoms with van der Waals surface area (Å²) in [6.45, 7) is 5.29. The molecule has 1 amide bonds. The third kappa shape index (κ3) is 4.13. The number of carbonyl (C=O) groups is 1. The first-order chi connectivity index (χ1) is 8.06. The minimum atomic E-state index is -0.160. The number of likely N-dealkylation sites (N-methyl/N-ethyl adjacent to an activating group) is 1. The minimum Gasteiger partial charge on any atom is -0.345 e. The summed E-state index contributed by atoms with van der Waals surface area (Å²) in [5.41, 5.74) is 1.16. The van der Waals surface area contributed by atoms with E-state index in [0.29, 0.717) is 6.54 Å². The summed E-state index contributed by atoms with van der Waals surface area (Å²) in [6.07, 6.45) is 0. The fourth-order valence-electron chi connectivity index (χ4n) is 1.48. The van der Waals surface area contributed by atoms with Gasteiger partial charge in [-0.2, -0.15) is 0 Å². The van der Waals surface area contributed by atoms with Gasteiger partial charge >= 0.3 is 0 Å². The average molecular weight is 299 g/mol. The summed E-state index contributed by atoms with van der Waals surface area (Å²) in [4.78, 5) is 13.6. The molecule has 0 spiro atoms. The monoisotopic (exact) mass is 298 g/mol. The number of hydrogen-bond donors (Lipinski definition) is 1. The van der Waals surface area contributed by atoms with E-state index < -0.39 is 0 Å². The Morgan fingerprint density at radius 1 is 1.47 bits per heavy atom. The highest BCUT2D eigenvalue weighted by Gasteiger charge is 2.15. The van der Waals surface area contributed by atoms with Gasteiger partial charge in [0.05, 0.1) is 6.04 Å². The van der Waals surface area contributed by atoms with E-state index in [4.69, 9.17) is 0 Å². The predicted octanol–water partition coefficient (Wildman–Crippen LogP) is 2.41. The van der Waals surface area contributed by atoms with E-state index >= 15 is 0 Å². The fourth-order valence-corrected chi connectivity index (χ4v) is 1.90. The van der Waals surface area contributed by atoms with E-state index in [1.165, 1.54) is 0 Å². The second-order valence-corrected chi connectivity index (χ2v) is 4.90. The van der Waals surface area contributed by atoms with Crippen molar-refractivity contribution in [3.05, 3.63) is 34.3 Å². The zero-order valence-electron chi connectivity index (χ0n) is 10.5. The van der Waals surface area contributed by atoms with E-state index in [9.17, 15) is 4.79 Å². The van der Waals surface area contributed by atoms with E-state index in [2.05, 4.69) is 21.2 Å². The molecule has 1 aromatic rings. The van der Waals surface area contributed by atoms with Gasteiger partial charge in [-0.05, 0) is 25.5 Å². The maximum absolute atomic E-state index is 11.8. The third-order valence-electron chi connectivity index (χ3n) is 2.78. The Bertz CT molecular complexity index is 381. The highest BCUT2D eigenvalue weighted by molar-refractivity contribution is 9.10. The fraction of sp³-hybridized carbons (Fsp3) is 0.462. The molecule has 0 bridgehead atoms. The second-order valence-electron chi connectivity index (χ2n) is 4.05. The van der Waals surface area contributed by atoms with Gasteiger partial charge in [-0.1, -0.05) is 34.1 Å². The van der Waals surface area contributed by atoms with Crippen LogP contribution in [0.15, 0.2) is 28.7 Å². The van der Waals surface area contributed by atoms with Gasteiger partial charge in [0.2, 0.25) is 5.91 Å². The van der Waals surface area contributed by atoms with Crippen molar-refractivity contribution in [3.63, 3.8) is 0 Å². The first kappa shape index (κ1) is 14.2. The number of hydrogen-bond acceptors (Lipinski definition) is 2. The second kappa shape index (κ2) is 6.77. The Hall–Kier alpha value is -0.870. The number of halogens is 1. The van der Waals surface area contributed by atoms with Gasteiger partial charge in [-0.15, -0.1) is 0 Å². The van der Waals surface area contributed by atoms with Crippen LogP contribution in [0.5, 0.6) is 0 Å². The summed E-state index contributed by atoms with van der Waals surface area (Å²) < 4.78 is 1.07. The van der Waals surface area contributed by atoms with Crippen molar-refractivity contribution < 1.29 is 4.79 Å². The molecular formula is C13H19BrN2O. The zero-order valence-corrected chi connectivity index (χ0v) is 12.1. The first-order valence-electron chi connectivity index (χ1n) is 5.78. The third-order valence-corrected chi connectivity index (χ3v) is 3.55. The summed E-state index contributed by atoms with van der Waals surface area (Å²) in [5.74, 6) is 0.125. The first-order valence-corrected chi connectivity index (χ1v) is 6.57. The molecule has 0 aliphatic rings. The van der Waals surface area contributed by atoms with Gasteiger partial charge in [0, 0.05) is 24.6 Å². The van der Waals surface area contributed by atoms with Crippen molar-refractivity contribution in [2.45, 2.75) is 26.4 Å². The predicted molar refractivity (Wildman–Crippen MR) is 73.8 cm³/mol. The standard InChI is InChI=1S/C13H19BrN2O/c1-4-16(3)13(17)10(2)15-9-11-7-5-6-8-12(11)14/h5-8,10,15H,4,9H2,1-3H3. The molecule has 0 fully saturated rings. The van der Waals surface area contributed by atoms with Gasteiger partial charge in [-0.25, -0.2) is 0 Å².